The van der Waals surface area contributed by atoms with Crippen LogP contribution < -0.4 is 14.1 Å². The Morgan fingerprint density at radius 1 is 0.729 bits per heavy atom. The van der Waals surface area contributed by atoms with Crippen molar-refractivity contribution >= 4 is 35.2 Å². The van der Waals surface area contributed by atoms with E-state index in [4.69, 9.17) is 23.0 Å². The Kier molecular flexibility index (Phi) is 14.0. The molecule has 4 aromatic rings. The van der Waals surface area contributed by atoms with E-state index in [-0.39, 0.29) is 6.29 Å². The Labute approximate surface area is 296 Å². The van der Waals surface area contributed by atoms with Gasteiger partial charge in [-0.1, -0.05) is 94.1 Å². The van der Waals surface area contributed by atoms with E-state index < -0.39 is 7.94 Å². The Balaban J connectivity index is 1.38. The molecule has 0 bridgehead atoms. The molecule has 1 aliphatic heterocycles. The SMILES string of the molecule is CCCCCCCC#Cc1ccc(-c2ccc(-c3cc(OCCCCCC)c(-c4ccc([P+]5(OCC)OC(C)O5)s4)cc3OC)s2)cc1. The molecule has 0 spiro atoms. The highest BCUT2D eigenvalue weighted by molar-refractivity contribution is 7.76. The summed E-state index contributed by atoms with van der Waals surface area (Å²) in [6, 6.07) is 21.4. The largest absolute Gasteiger partial charge is 0.496 e. The molecule has 1 saturated heterocycles. The molecule has 1 aliphatic rings. The van der Waals surface area contributed by atoms with Crippen molar-refractivity contribution in [3.63, 3.8) is 0 Å². The van der Waals surface area contributed by atoms with Crippen LogP contribution in [-0.2, 0) is 13.6 Å². The first-order valence-electron chi connectivity index (χ1n) is 17.6. The van der Waals surface area contributed by atoms with Crippen LogP contribution in [0.1, 0.15) is 97.5 Å². The fraction of sp³-hybridized carbons (Fsp3) is 0.450. The molecule has 0 radical (unpaired) electrons. The zero-order chi connectivity index (χ0) is 33.8. The molecular weight excluding hydrogens is 656 g/mol. The minimum atomic E-state index is -2.50. The molecule has 2 aromatic carbocycles. The van der Waals surface area contributed by atoms with Gasteiger partial charge in [-0.3, -0.25) is 0 Å². The number of thiophene rings is 2. The van der Waals surface area contributed by atoms with Gasteiger partial charge in [-0.05, 0) is 74.7 Å². The first-order chi connectivity index (χ1) is 23.5. The molecule has 0 saturated carbocycles. The molecule has 2 aromatic heterocycles. The van der Waals surface area contributed by atoms with Gasteiger partial charge in [0.05, 0.1) is 20.3 Å². The zero-order valence-electron chi connectivity index (χ0n) is 29.1. The fourth-order valence-corrected chi connectivity index (χ4v) is 10.5. The van der Waals surface area contributed by atoms with Gasteiger partial charge in [0.1, 0.15) is 11.5 Å². The highest BCUT2D eigenvalue weighted by Crippen LogP contribution is 2.71. The maximum Gasteiger partial charge on any atom is 0.465 e. The highest BCUT2D eigenvalue weighted by atomic mass is 32.1. The van der Waals surface area contributed by atoms with Crippen LogP contribution in [0.5, 0.6) is 11.5 Å². The van der Waals surface area contributed by atoms with Gasteiger partial charge >= 0.3 is 7.94 Å². The van der Waals surface area contributed by atoms with Gasteiger partial charge in [-0.25, -0.2) is 0 Å². The normalized spacial score (nSPS) is 17.1. The third-order valence-corrected chi connectivity index (χ3v) is 13.7. The lowest BCUT2D eigenvalue weighted by molar-refractivity contribution is -0.0968. The van der Waals surface area contributed by atoms with E-state index in [0.29, 0.717) is 13.2 Å². The molecule has 0 amide bonds. The predicted octanol–water partition coefficient (Wildman–Crippen LogP) is 12.3. The van der Waals surface area contributed by atoms with E-state index in [9.17, 15) is 0 Å². The molecule has 48 heavy (non-hydrogen) atoms. The molecule has 256 valence electrons. The third kappa shape index (κ3) is 9.30. The summed E-state index contributed by atoms with van der Waals surface area (Å²) in [4.78, 5) is 3.40. The molecule has 0 aliphatic carbocycles. The van der Waals surface area contributed by atoms with Crippen LogP contribution in [0.3, 0.4) is 0 Å². The summed E-state index contributed by atoms with van der Waals surface area (Å²) >= 11 is 3.40. The number of benzene rings is 2. The molecule has 5 nitrogen and oxygen atoms in total. The van der Waals surface area contributed by atoms with Crippen molar-refractivity contribution < 1.29 is 23.0 Å². The summed E-state index contributed by atoms with van der Waals surface area (Å²) in [5.74, 6) is 8.36. The first-order valence-corrected chi connectivity index (χ1v) is 20.7. The summed E-state index contributed by atoms with van der Waals surface area (Å²) in [6.45, 7) is 9.55. The van der Waals surface area contributed by atoms with Gasteiger partial charge in [0.15, 0.2) is 0 Å². The molecule has 0 N–H and O–H groups in total. The highest BCUT2D eigenvalue weighted by Gasteiger charge is 2.62. The van der Waals surface area contributed by atoms with E-state index >= 15 is 0 Å². The summed E-state index contributed by atoms with van der Waals surface area (Å²) in [6.07, 6.45) is 11.7. The van der Waals surface area contributed by atoms with Crippen LogP contribution in [-0.4, -0.2) is 26.6 Å². The second-order valence-corrected chi connectivity index (χ2v) is 16.6. The number of ether oxygens (including phenoxy) is 2. The van der Waals surface area contributed by atoms with Gasteiger partial charge in [-0.15, -0.1) is 20.4 Å². The molecule has 3 heterocycles. The van der Waals surface area contributed by atoms with E-state index in [1.807, 2.05) is 13.8 Å². The Hall–Kier alpha value is -2.69. The fourth-order valence-electron chi connectivity index (χ4n) is 5.70. The second-order valence-electron chi connectivity index (χ2n) is 12.0. The van der Waals surface area contributed by atoms with E-state index in [2.05, 4.69) is 86.4 Å². The Morgan fingerprint density at radius 2 is 1.38 bits per heavy atom. The number of hydrogen-bond donors (Lipinski definition) is 0. The summed E-state index contributed by atoms with van der Waals surface area (Å²) < 4.78 is 31.7. The van der Waals surface area contributed by atoms with Crippen LogP contribution in [0.25, 0.3) is 31.3 Å². The molecule has 0 atom stereocenters. The lowest BCUT2D eigenvalue weighted by atomic mass is 10.1. The van der Waals surface area contributed by atoms with Crippen molar-refractivity contribution in [1.82, 2.24) is 0 Å². The van der Waals surface area contributed by atoms with Gasteiger partial charge in [0.2, 0.25) is 4.62 Å². The standard InChI is InChI=1S/C40H50O5PS2/c1-6-9-11-13-14-15-16-18-31-19-21-32(22-20-31)37-23-24-38(47-37)33-29-36(42-27-17-12-10-7-2)34(28-35(33)41-5)39-25-26-40(48-39)46(43-8-3)44-30(4)45-46/h19-26,28-30H,6-15,17,27H2,1-5H3/q+1. The first kappa shape index (κ1) is 36.6. The van der Waals surface area contributed by atoms with Crippen LogP contribution in [0.15, 0.2) is 60.7 Å². The minimum absolute atomic E-state index is 0.256. The number of methoxy groups -OCH3 is 1. The Morgan fingerprint density at radius 3 is 2.08 bits per heavy atom. The van der Waals surface area contributed by atoms with Crippen LogP contribution in [0, 0.1) is 11.8 Å². The van der Waals surface area contributed by atoms with Gasteiger partial charge in [0.25, 0.3) is 6.29 Å². The van der Waals surface area contributed by atoms with Crippen molar-refractivity contribution in [3.05, 3.63) is 66.2 Å². The van der Waals surface area contributed by atoms with Crippen LogP contribution in [0.4, 0.5) is 0 Å². The molecule has 5 rings (SSSR count). The zero-order valence-corrected chi connectivity index (χ0v) is 31.7. The molecule has 8 heteroatoms. The van der Waals surface area contributed by atoms with E-state index in [1.54, 1.807) is 29.8 Å². The smallest absolute Gasteiger partial charge is 0.465 e. The summed E-state index contributed by atoms with van der Waals surface area (Å²) in [5.41, 5.74) is 4.28. The predicted molar refractivity (Wildman–Crippen MR) is 205 cm³/mol. The van der Waals surface area contributed by atoms with Crippen molar-refractivity contribution in [2.45, 2.75) is 98.2 Å². The third-order valence-electron chi connectivity index (χ3n) is 8.24. The molecule has 0 unspecified atom stereocenters. The average molecular weight is 706 g/mol. The van der Waals surface area contributed by atoms with E-state index in [0.717, 1.165) is 61.8 Å². The molecular formula is C40H50O5PS2+. The summed E-state index contributed by atoms with van der Waals surface area (Å²) in [5, 5.41) is 0. The average Bonchev–Trinajstić information content (AvgIpc) is 3.78. The maximum absolute atomic E-state index is 6.53. The van der Waals surface area contributed by atoms with E-state index in [1.165, 1.54) is 55.4 Å². The second kappa shape index (κ2) is 18.3. The minimum Gasteiger partial charge on any atom is -0.496 e. The molecule has 1 fully saturated rings. The maximum atomic E-state index is 6.53. The van der Waals surface area contributed by atoms with Crippen molar-refractivity contribution in [1.29, 1.82) is 0 Å². The monoisotopic (exact) mass is 705 g/mol. The summed E-state index contributed by atoms with van der Waals surface area (Å²) in [7, 11) is -0.768. The van der Waals surface area contributed by atoms with Gasteiger partial charge in [-0.2, -0.15) is 4.52 Å². The van der Waals surface area contributed by atoms with Gasteiger partial charge < -0.3 is 9.47 Å². The number of hydrogen-bond acceptors (Lipinski definition) is 7. The number of rotatable bonds is 18. The van der Waals surface area contributed by atoms with Crippen molar-refractivity contribution in [3.8, 4) is 54.7 Å². The Bertz CT molecular complexity index is 1640. The van der Waals surface area contributed by atoms with Crippen molar-refractivity contribution in [2.24, 2.45) is 0 Å². The van der Waals surface area contributed by atoms with Gasteiger partial charge in [0, 0.05) is 43.8 Å². The topological polar surface area (TPSA) is 46.2 Å². The quantitative estimate of drug-likeness (QED) is 0.0586. The van der Waals surface area contributed by atoms with Crippen LogP contribution in [0.2, 0.25) is 0 Å². The lowest BCUT2D eigenvalue weighted by Gasteiger charge is -2.31. The van der Waals surface area contributed by atoms with Crippen LogP contribution >= 0.6 is 30.6 Å². The van der Waals surface area contributed by atoms with Crippen molar-refractivity contribution in [2.75, 3.05) is 20.3 Å². The lowest BCUT2D eigenvalue weighted by Crippen LogP contribution is -2.33. The number of unbranched alkanes of at least 4 members (excludes halogenated alkanes) is 8.